The van der Waals surface area contributed by atoms with Crippen LogP contribution in [0.3, 0.4) is 0 Å². The summed E-state index contributed by atoms with van der Waals surface area (Å²) in [6.07, 6.45) is 17.1. The molecule has 2 amide bonds. The summed E-state index contributed by atoms with van der Waals surface area (Å²) in [5.74, 6) is 0.501. The Hall–Kier alpha value is -4.32. The van der Waals surface area contributed by atoms with Crippen molar-refractivity contribution in [3.63, 3.8) is 0 Å². The number of hydrogen-bond donors (Lipinski definition) is 1. The summed E-state index contributed by atoms with van der Waals surface area (Å²) in [7, 11) is 0. The lowest BCUT2D eigenvalue weighted by atomic mass is 9.97. The standard InChI is InChI=1S/C34H35BrN8O3/c1-20(44)31-24-13-25(23-16-36-21(2)37-17-23)38-18-27(24)42(41-31)19-30(45)43-26-14-34(15-28(34)43)12-8-6-4-3-5-7-9-22-10-11-29(35)39-32(22)40-33(26)46/h8,10-13,16-18,26,28H,3-7,9,14-15,19H2,1-2H3,(H,39,40,46)/t26-,28+,34-/m0/s1. The highest BCUT2D eigenvalue weighted by molar-refractivity contribution is 9.10. The zero-order valence-corrected chi connectivity index (χ0v) is 27.5. The maximum Gasteiger partial charge on any atom is 0.248 e. The number of nitrogens with zero attached hydrogens (tertiary/aromatic N) is 7. The summed E-state index contributed by atoms with van der Waals surface area (Å²) < 4.78 is 2.17. The van der Waals surface area contributed by atoms with E-state index in [1.54, 1.807) is 36.5 Å². The Morgan fingerprint density at radius 3 is 2.67 bits per heavy atom. The average molecular weight is 684 g/mol. The Morgan fingerprint density at radius 1 is 1.07 bits per heavy atom. The van der Waals surface area contributed by atoms with Gasteiger partial charge in [0.2, 0.25) is 11.8 Å². The number of aryl methyl sites for hydroxylation is 2. The van der Waals surface area contributed by atoms with E-state index in [9.17, 15) is 14.4 Å². The van der Waals surface area contributed by atoms with Crippen LogP contribution in [0.4, 0.5) is 5.82 Å². The molecule has 1 N–H and O–H groups in total. The van der Waals surface area contributed by atoms with Crippen LogP contribution in [0.15, 0.2) is 53.5 Å². The number of likely N-dealkylation sites (tertiary alicyclic amines) is 1. The lowest BCUT2D eigenvalue weighted by Gasteiger charge is -2.27. The van der Waals surface area contributed by atoms with Crippen molar-refractivity contribution < 1.29 is 14.4 Å². The molecule has 0 unspecified atom stereocenters. The number of allylic oxidation sites excluding steroid dienone is 1. The van der Waals surface area contributed by atoms with Crippen LogP contribution in [0, 0.1) is 12.3 Å². The van der Waals surface area contributed by atoms with Crippen molar-refractivity contribution in [1.82, 2.24) is 34.6 Å². The van der Waals surface area contributed by atoms with E-state index in [2.05, 4.69) is 58.4 Å². The minimum Gasteiger partial charge on any atom is -0.325 e. The van der Waals surface area contributed by atoms with E-state index in [1.165, 1.54) is 11.6 Å². The van der Waals surface area contributed by atoms with E-state index < -0.39 is 6.04 Å². The largest absolute Gasteiger partial charge is 0.325 e. The number of aromatic nitrogens is 6. The Bertz CT molecular complexity index is 1890. The number of halogens is 1. The molecule has 2 fully saturated rings. The van der Waals surface area contributed by atoms with Crippen LogP contribution in [-0.4, -0.2) is 64.3 Å². The van der Waals surface area contributed by atoms with Gasteiger partial charge >= 0.3 is 0 Å². The molecule has 1 saturated carbocycles. The Kier molecular flexibility index (Phi) is 8.00. The van der Waals surface area contributed by atoms with Gasteiger partial charge in [0.05, 0.1) is 17.4 Å². The van der Waals surface area contributed by atoms with Gasteiger partial charge in [-0.15, -0.1) is 0 Å². The van der Waals surface area contributed by atoms with Crippen LogP contribution in [-0.2, 0) is 22.6 Å². The molecule has 236 valence electrons. The third-order valence-corrected chi connectivity index (χ3v) is 9.89. The molecule has 1 saturated heterocycles. The van der Waals surface area contributed by atoms with Crippen LogP contribution in [0.1, 0.15) is 73.7 Å². The molecule has 46 heavy (non-hydrogen) atoms. The van der Waals surface area contributed by atoms with Gasteiger partial charge in [0.1, 0.15) is 34.5 Å². The van der Waals surface area contributed by atoms with Gasteiger partial charge in [-0.1, -0.05) is 31.1 Å². The highest BCUT2D eigenvalue weighted by atomic mass is 79.9. The predicted octanol–water partition coefficient (Wildman–Crippen LogP) is 5.62. The van der Waals surface area contributed by atoms with Gasteiger partial charge in [-0.3, -0.25) is 24.0 Å². The second-order valence-corrected chi connectivity index (χ2v) is 13.4. The molecule has 3 aliphatic rings. The van der Waals surface area contributed by atoms with Gasteiger partial charge in [-0.2, -0.15) is 5.10 Å². The van der Waals surface area contributed by atoms with Gasteiger partial charge in [-0.05, 0) is 79.1 Å². The first-order chi connectivity index (χ1) is 22.2. The minimum absolute atomic E-state index is 0.0739. The van der Waals surface area contributed by atoms with E-state index in [0.29, 0.717) is 44.8 Å². The molecule has 11 nitrogen and oxygen atoms in total. The number of rotatable bonds is 4. The van der Waals surface area contributed by atoms with Crippen molar-refractivity contribution in [3.8, 4) is 11.3 Å². The molecule has 2 aliphatic heterocycles. The Labute approximate surface area is 275 Å². The number of Topliss-reactive ketones (excluding diaryl/α,β-unsaturated/α-hetero) is 1. The fourth-order valence-electron chi connectivity index (χ4n) is 6.95. The van der Waals surface area contributed by atoms with Gasteiger partial charge in [0.15, 0.2) is 5.78 Å². The molecule has 4 aromatic rings. The second kappa shape index (κ2) is 12.1. The first kappa shape index (κ1) is 30.3. The maximum atomic E-state index is 14.2. The predicted molar refractivity (Wildman–Crippen MR) is 176 cm³/mol. The molecule has 0 aromatic carbocycles. The minimum atomic E-state index is -0.657. The highest BCUT2D eigenvalue weighted by Crippen LogP contribution is 2.61. The number of ketones is 1. The summed E-state index contributed by atoms with van der Waals surface area (Å²) in [5.41, 5.74) is 2.91. The van der Waals surface area contributed by atoms with Crippen molar-refractivity contribution in [2.24, 2.45) is 5.41 Å². The molecule has 7 rings (SSSR count). The summed E-state index contributed by atoms with van der Waals surface area (Å²) >= 11 is 3.45. The number of carbonyl (C=O) groups is 3. The topological polar surface area (TPSA) is 136 Å². The normalized spacial score (nSPS) is 22.8. The summed E-state index contributed by atoms with van der Waals surface area (Å²) in [6.45, 7) is 3.14. The Morgan fingerprint density at radius 2 is 1.87 bits per heavy atom. The summed E-state index contributed by atoms with van der Waals surface area (Å²) in [4.78, 5) is 60.2. The number of fused-ring (bicyclic) bond motifs is 3. The number of piperidine rings is 1. The zero-order chi connectivity index (χ0) is 32.0. The van der Waals surface area contributed by atoms with Gasteiger partial charge in [0.25, 0.3) is 0 Å². The summed E-state index contributed by atoms with van der Waals surface area (Å²) in [5, 5.41) is 8.24. The first-order valence-corrected chi connectivity index (χ1v) is 16.6. The maximum absolute atomic E-state index is 14.2. The van der Waals surface area contributed by atoms with Crippen molar-refractivity contribution in [2.75, 3.05) is 5.32 Å². The number of pyridine rings is 2. The second-order valence-electron chi connectivity index (χ2n) is 12.6. The number of anilines is 1. The van der Waals surface area contributed by atoms with Crippen molar-refractivity contribution in [1.29, 1.82) is 0 Å². The monoisotopic (exact) mass is 682 g/mol. The quantitative estimate of drug-likeness (QED) is 0.167. The lowest BCUT2D eigenvalue weighted by molar-refractivity contribution is -0.138. The van der Waals surface area contributed by atoms with Crippen molar-refractivity contribution in [3.05, 3.63) is 70.6 Å². The number of carbonyl (C=O) groups excluding carboxylic acids is 3. The molecular formula is C34H35BrN8O3. The van der Waals surface area contributed by atoms with Gasteiger partial charge in [-0.25, -0.2) is 15.0 Å². The lowest BCUT2D eigenvalue weighted by Crippen LogP contribution is -2.47. The molecule has 6 heterocycles. The van der Waals surface area contributed by atoms with Crippen LogP contribution < -0.4 is 5.32 Å². The van der Waals surface area contributed by atoms with E-state index in [-0.39, 0.29) is 41.3 Å². The first-order valence-electron chi connectivity index (χ1n) is 15.8. The third kappa shape index (κ3) is 5.74. The SMILES string of the molecule is CC(=O)c1nn(CC(=O)N2[C@H]3C[C@@]4(C=CCCCCCCc5ccc(Br)nc5NC3=O)C[C@@H]24)c2cnc(-c3cnc(C)nc3)cc12. The van der Waals surface area contributed by atoms with Crippen LogP contribution in [0.2, 0.25) is 0 Å². The molecule has 12 heteroatoms. The molecule has 4 aromatic heterocycles. The zero-order valence-electron chi connectivity index (χ0n) is 25.9. The molecule has 1 spiro atoms. The Balaban J connectivity index is 1.20. The van der Waals surface area contributed by atoms with Crippen LogP contribution >= 0.6 is 15.9 Å². The van der Waals surface area contributed by atoms with E-state index in [4.69, 9.17) is 0 Å². The van der Waals surface area contributed by atoms with Gasteiger partial charge < -0.3 is 10.2 Å². The number of amides is 2. The van der Waals surface area contributed by atoms with Gasteiger partial charge in [0, 0.05) is 41.7 Å². The van der Waals surface area contributed by atoms with Crippen molar-refractivity contribution in [2.45, 2.75) is 83.8 Å². The third-order valence-electron chi connectivity index (χ3n) is 9.45. The molecule has 3 atom stereocenters. The summed E-state index contributed by atoms with van der Waals surface area (Å²) in [6, 6.07) is 4.96. The molecule has 0 radical (unpaired) electrons. The molecular weight excluding hydrogens is 648 g/mol. The highest BCUT2D eigenvalue weighted by Gasteiger charge is 2.65. The fraction of sp³-hybridized carbons (Fsp3) is 0.412. The molecule has 2 bridgehead atoms. The van der Waals surface area contributed by atoms with Crippen LogP contribution in [0.5, 0.6) is 0 Å². The van der Waals surface area contributed by atoms with Crippen LogP contribution in [0.25, 0.3) is 22.2 Å². The fourth-order valence-corrected chi connectivity index (χ4v) is 7.26. The van der Waals surface area contributed by atoms with Crippen molar-refractivity contribution >= 4 is 50.2 Å². The average Bonchev–Trinajstić information content (AvgIpc) is 3.45. The van der Waals surface area contributed by atoms with E-state index in [0.717, 1.165) is 50.5 Å². The van der Waals surface area contributed by atoms with E-state index >= 15 is 0 Å². The smallest absolute Gasteiger partial charge is 0.248 e. The number of hydrogen-bond acceptors (Lipinski definition) is 8. The van der Waals surface area contributed by atoms with E-state index in [1.807, 2.05) is 12.1 Å². The molecule has 1 aliphatic carbocycles. The number of nitrogens with one attached hydrogen (secondary N) is 1.